The standard InChI is InChI=1S/C15H18ClN3O2/c1-9(2)8-19-15(21)13(10(3)18-19)14(20)17-12-7-5-4-6-11(12)16/h4-7,9,13H,8H2,1-3H3,(H,17,20)/t13-/m1/s1. The fourth-order valence-electron chi connectivity index (χ4n) is 2.17. The van der Waals surface area contributed by atoms with Crippen LogP contribution < -0.4 is 5.32 Å². The number of hydrogen-bond acceptors (Lipinski definition) is 3. The fraction of sp³-hybridized carbons (Fsp3) is 0.400. The number of para-hydroxylation sites is 1. The molecule has 0 aliphatic carbocycles. The van der Waals surface area contributed by atoms with Crippen molar-refractivity contribution in [3.8, 4) is 0 Å². The lowest BCUT2D eigenvalue weighted by molar-refractivity contribution is -0.136. The van der Waals surface area contributed by atoms with E-state index in [0.717, 1.165) is 0 Å². The highest BCUT2D eigenvalue weighted by Gasteiger charge is 2.39. The largest absolute Gasteiger partial charge is 0.324 e. The van der Waals surface area contributed by atoms with Gasteiger partial charge in [0.2, 0.25) is 5.91 Å². The Labute approximate surface area is 129 Å². The fourth-order valence-corrected chi connectivity index (χ4v) is 2.35. The highest BCUT2D eigenvalue weighted by Crippen LogP contribution is 2.23. The molecule has 0 aromatic heterocycles. The number of amides is 2. The van der Waals surface area contributed by atoms with Crippen LogP contribution in [0.4, 0.5) is 5.69 Å². The van der Waals surface area contributed by atoms with E-state index in [1.807, 2.05) is 13.8 Å². The van der Waals surface area contributed by atoms with Crippen molar-refractivity contribution in [2.75, 3.05) is 11.9 Å². The van der Waals surface area contributed by atoms with Crippen LogP contribution in [0.2, 0.25) is 5.02 Å². The molecule has 0 unspecified atom stereocenters. The average Bonchev–Trinajstić information content (AvgIpc) is 2.66. The maximum atomic E-state index is 12.3. The summed E-state index contributed by atoms with van der Waals surface area (Å²) in [5.74, 6) is -1.28. The SMILES string of the molecule is CC1=NN(CC(C)C)C(=O)[C@H]1C(=O)Nc1ccccc1Cl. The first-order valence-corrected chi connectivity index (χ1v) is 7.19. The van der Waals surface area contributed by atoms with E-state index in [4.69, 9.17) is 11.6 Å². The van der Waals surface area contributed by atoms with Crippen LogP contribution in [0.5, 0.6) is 0 Å². The third kappa shape index (κ3) is 3.42. The molecule has 0 spiro atoms. The molecule has 0 radical (unpaired) electrons. The van der Waals surface area contributed by atoms with Crippen molar-refractivity contribution in [2.24, 2.45) is 16.9 Å². The van der Waals surface area contributed by atoms with Gasteiger partial charge in [-0.1, -0.05) is 37.6 Å². The third-order valence-corrected chi connectivity index (χ3v) is 3.46. The minimum absolute atomic E-state index is 0.286. The highest BCUT2D eigenvalue weighted by atomic mass is 35.5. The zero-order valence-electron chi connectivity index (χ0n) is 12.3. The molecule has 2 amide bonds. The third-order valence-electron chi connectivity index (χ3n) is 3.13. The second-order valence-corrected chi connectivity index (χ2v) is 5.86. The normalized spacial score (nSPS) is 18.1. The lowest BCUT2D eigenvalue weighted by Gasteiger charge is -2.16. The summed E-state index contributed by atoms with van der Waals surface area (Å²) in [5, 5.41) is 8.68. The van der Waals surface area contributed by atoms with Crippen LogP contribution >= 0.6 is 11.6 Å². The number of benzene rings is 1. The molecule has 0 fully saturated rings. The number of hydrazone groups is 1. The second kappa shape index (κ2) is 6.26. The van der Waals surface area contributed by atoms with Gasteiger partial charge in [0, 0.05) is 6.54 Å². The van der Waals surface area contributed by atoms with Crippen molar-refractivity contribution in [1.29, 1.82) is 0 Å². The zero-order chi connectivity index (χ0) is 15.6. The summed E-state index contributed by atoms with van der Waals surface area (Å²) in [7, 11) is 0. The first-order valence-electron chi connectivity index (χ1n) is 6.82. The van der Waals surface area contributed by atoms with Crippen LogP contribution in [0.1, 0.15) is 20.8 Å². The van der Waals surface area contributed by atoms with E-state index < -0.39 is 11.8 Å². The summed E-state index contributed by atoms with van der Waals surface area (Å²) < 4.78 is 0. The molecule has 6 heteroatoms. The molecular formula is C15H18ClN3O2. The molecule has 1 aromatic carbocycles. The van der Waals surface area contributed by atoms with Crippen molar-refractivity contribution < 1.29 is 9.59 Å². The van der Waals surface area contributed by atoms with Gasteiger partial charge in [-0.3, -0.25) is 9.59 Å². The quantitative estimate of drug-likeness (QED) is 0.869. The van der Waals surface area contributed by atoms with Gasteiger partial charge in [0.1, 0.15) is 0 Å². The number of nitrogens with zero attached hydrogens (tertiary/aromatic N) is 2. The molecular weight excluding hydrogens is 290 g/mol. The molecule has 1 heterocycles. The lowest BCUT2D eigenvalue weighted by Crippen LogP contribution is -2.37. The summed E-state index contributed by atoms with van der Waals surface area (Å²) in [6, 6.07) is 6.91. The van der Waals surface area contributed by atoms with Gasteiger partial charge in [-0.15, -0.1) is 0 Å². The number of halogens is 1. The maximum Gasteiger partial charge on any atom is 0.261 e. The van der Waals surface area contributed by atoms with Gasteiger partial charge in [0.05, 0.1) is 16.4 Å². The summed E-state index contributed by atoms with van der Waals surface area (Å²) in [5.41, 5.74) is 0.997. The van der Waals surface area contributed by atoms with Crippen molar-refractivity contribution in [3.05, 3.63) is 29.3 Å². The first kappa shape index (κ1) is 15.5. The second-order valence-electron chi connectivity index (χ2n) is 5.46. The molecule has 5 nitrogen and oxygen atoms in total. The van der Waals surface area contributed by atoms with Crippen molar-refractivity contribution in [1.82, 2.24) is 5.01 Å². The summed E-state index contributed by atoms with van der Waals surface area (Å²) in [6.07, 6.45) is 0. The van der Waals surface area contributed by atoms with Gasteiger partial charge < -0.3 is 5.32 Å². The average molecular weight is 308 g/mol. The molecule has 1 aromatic rings. The Balaban J connectivity index is 2.12. The van der Waals surface area contributed by atoms with E-state index >= 15 is 0 Å². The van der Waals surface area contributed by atoms with Crippen LogP contribution in [0.15, 0.2) is 29.4 Å². The Morgan fingerprint density at radius 3 is 2.71 bits per heavy atom. The molecule has 0 bridgehead atoms. The van der Waals surface area contributed by atoms with E-state index in [0.29, 0.717) is 23.0 Å². The molecule has 0 saturated heterocycles. The lowest BCUT2D eigenvalue weighted by atomic mass is 10.0. The Morgan fingerprint density at radius 1 is 1.43 bits per heavy atom. The summed E-state index contributed by atoms with van der Waals surface area (Å²) in [4.78, 5) is 24.6. The van der Waals surface area contributed by atoms with Crippen LogP contribution in [0.25, 0.3) is 0 Å². The Kier molecular flexibility index (Phi) is 4.63. The van der Waals surface area contributed by atoms with Gasteiger partial charge >= 0.3 is 0 Å². The van der Waals surface area contributed by atoms with E-state index in [2.05, 4.69) is 10.4 Å². The van der Waals surface area contributed by atoms with E-state index in [1.165, 1.54) is 5.01 Å². The molecule has 2 rings (SSSR count). The Hall–Kier alpha value is -1.88. The van der Waals surface area contributed by atoms with Gasteiger partial charge in [-0.25, -0.2) is 5.01 Å². The molecule has 1 atom stereocenters. The van der Waals surface area contributed by atoms with Crippen molar-refractivity contribution >= 4 is 34.8 Å². The number of carbonyl (C=O) groups is 2. The summed E-state index contributed by atoms with van der Waals surface area (Å²) >= 11 is 6.00. The topological polar surface area (TPSA) is 61.8 Å². The number of nitrogens with one attached hydrogen (secondary N) is 1. The number of anilines is 1. The van der Waals surface area contributed by atoms with E-state index in [9.17, 15) is 9.59 Å². The van der Waals surface area contributed by atoms with Crippen LogP contribution in [-0.4, -0.2) is 29.1 Å². The van der Waals surface area contributed by atoms with Crippen LogP contribution in [0.3, 0.4) is 0 Å². The maximum absolute atomic E-state index is 12.3. The minimum Gasteiger partial charge on any atom is -0.324 e. The highest BCUT2D eigenvalue weighted by molar-refractivity contribution is 6.34. The molecule has 112 valence electrons. The molecule has 1 aliphatic heterocycles. The van der Waals surface area contributed by atoms with Crippen molar-refractivity contribution in [3.63, 3.8) is 0 Å². The molecule has 0 saturated carbocycles. The number of hydrogen-bond donors (Lipinski definition) is 1. The molecule has 1 aliphatic rings. The van der Waals surface area contributed by atoms with E-state index in [-0.39, 0.29) is 11.8 Å². The van der Waals surface area contributed by atoms with Gasteiger partial charge in [0.25, 0.3) is 5.91 Å². The predicted octanol–water partition coefficient (Wildman–Crippen LogP) is 2.77. The first-order chi connectivity index (χ1) is 9.90. The van der Waals surface area contributed by atoms with Gasteiger partial charge in [-0.05, 0) is 25.0 Å². The predicted molar refractivity (Wildman–Crippen MR) is 83.2 cm³/mol. The zero-order valence-corrected chi connectivity index (χ0v) is 13.0. The van der Waals surface area contributed by atoms with Gasteiger partial charge in [-0.2, -0.15) is 5.10 Å². The number of carbonyl (C=O) groups excluding carboxylic acids is 2. The number of rotatable bonds is 4. The van der Waals surface area contributed by atoms with E-state index in [1.54, 1.807) is 31.2 Å². The Morgan fingerprint density at radius 2 is 2.10 bits per heavy atom. The molecule has 21 heavy (non-hydrogen) atoms. The monoisotopic (exact) mass is 307 g/mol. The molecule has 1 N–H and O–H groups in total. The summed E-state index contributed by atoms with van der Waals surface area (Å²) in [6.45, 7) is 6.19. The van der Waals surface area contributed by atoms with Crippen molar-refractivity contribution in [2.45, 2.75) is 20.8 Å². The van der Waals surface area contributed by atoms with Gasteiger partial charge in [0.15, 0.2) is 5.92 Å². The minimum atomic E-state index is -0.875. The van der Waals surface area contributed by atoms with Crippen LogP contribution in [-0.2, 0) is 9.59 Å². The van der Waals surface area contributed by atoms with Crippen LogP contribution in [0, 0.1) is 11.8 Å². The smallest absolute Gasteiger partial charge is 0.261 e. The Bertz CT molecular complexity index is 598.